The van der Waals surface area contributed by atoms with Crippen molar-refractivity contribution < 1.29 is 14.9 Å². The Kier molecular flexibility index (Phi) is 2.44. The highest BCUT2D eigenvalue weighted by atomic mass is 16.5. The largest absolute Gasteiger partial charge is 0.394 e. The summed E-state index contributed by atoms with van der Waals surface area (Å²) in [7, 11) is 0. The van der Waals surface area contributed by atoms with Crippen LogP contribution in [0.5, 0.6) is 0 Å². The Bertz CT molecular complexity index is 592. The molecule has 2 aliphatic rings. The number of aliphatic hydroxyl groups excluding tert-OH is 2. The van der Waals surface area contributed by atoms with Crippen molar-refractivity contribution in [1.29, 1.82) is 0 Å². The van der Waals surface area contributed by atoms with Gasteiger partial charge in [0.05, 0.1) is 24.9 Å². The molecular formula is C11H14N2O5. The van der Waals surface area contributed by atoms with Crippen LogP contribution in [0.3, 0.4) is 0 Å². The summed E-state index contributed by atoms with van der Waals surface area (Å²) in [6.45, 7) is 1.38. The van der Waals surface area contributed by atoms with Gasteiger partial charge in [-0.3, -0.25) is 14.3 Å². The van der Waals surface area contributed by atoms with Gasteiger partial charge in [0.2, 0.25) is 0 Å². The van der Waals surface area contributed by atoms with Crippen molar-refractivity contribution in [2.24, 2.45) is 5.92 Å². The third-order valence-corrected chi connectivity index (χ3v) is 3.72. The Labute approximate surface area is 102 Å². The molecule has 0 bridgehead atoms. The lowest BCUT2D eigenvalue weighted by atomic mass is 10.1. The molecule has 3 rings (SSSR count). The van der Waals surface area contributed by atoms with Crippen LogP contribution < -0.4 is 11.2 Å². The highest BCUT2D eigenvalue weighted by molar-refractivity contribution is 5.15. The monoisotopic (exact) mass is 254 g/mol. The van der Waals surface area contributed by atoms with E-state index >= 15 is 0 Å². The van der Waals surface area contributed by atoms with E-state index in [1.807, 2.05) is 0 Å². The Hall–Kier alpha value is -1.44. The molecule has 0 spiro atoms. The topological polar surface area (TPSA) is 105 Å². The summed E-state index contributed by atoms with van der Waals surface area (Å²) in [5.41, 5.74) is -0.467. The summed E-state index contributed by atoms with van der Waals surface area (Å²) >= 11 is 0. The zero-order valence-electron chi connectivity index (χ0n) is 9.74. The van der Waals surface area contributed by atoms with Crippen molar-refractivity contribution in [1.82, 2.24) is 9.55 Å². The summed E-state index contributed by atoms with van der Waals surface area (Å²) in [5, 5.41) is 18.8. The van der Waals surface area contributed by atoms with Crippen molar-refractivity contribution in [2.45, 2.75) is 31.3 Å². The highest BCUT2D eigenvalue weighted by Gasteiger charge is 2.64. The first-order valence-electron chi connectivity index (χ1n) is 5.81. The quantitative estimate of drug-likeness (QED) is 0.574. The fourth-order valence-electron chi connectivity index (χ4n) is 2.69. The standard InChI is InChI=1S/C11H14N2O5/c1-4-2-13(11(17)12-10(4)16)7-6-8(15)5(3-14)18-9(6)7/h2,5-9,14-15H,3H2,1H3,(H,12,16,17)/t5-,6?,7+,8?,9?/m1/s1. The van der Waals surface area contributed by atoms with Gasteiger partial charge in [-0.2, -0.15) is 0 Å². The molecule has 1 aliphatic heterocycles. The van der Waals surface area contributed by atoms with Gasteiger partial charge in [0.1, 0.15) is 6.10 Å². The Morgan fingerprint density at radius 2 is 2.22 bits per heavy atom. The number of ether oxygens (including phenoxy) is 1. The van der Waals surface area contributed by atoms with Gasteiger partial charge in [-0.25, -0.2) is 4.79 Å². The molecule has 2 heterocycles. The second kappa shape index (κ2) is 3.78. The number of H-pyrrole nitrogens is 1. The van der Waals surface area contributed by atoms with Gasteiger partial charge in [-0.15, -0.1) is 0 Å². The van der Waals surface area contributed by atoms with Crippen molar-refractivity contribution in [3.63, 3.8) is 0 Å². The molecule has 5 atom stereocenters. The average Bonchev–Trinajstić information content (AvgIpc) is 2.94. The maximum atomic E-state index is 11.7. The van der Waals surface area contributed by atoms with Crippen molar-refractivity contribution >= 4 is 0 Å². The molecule has 2 fully saturated rings. The first-order valence-corrected chi connectivity index (χ1v) is 5.81. The van der Waals surface area contributed by atoms with Crippen LogP contribution in [-0.4, -0.2) is 44.7 Å². The van der Waals surface area contributed by atoms with E-state index in [1.165, 1.54) is 10.8 Å². The number of aromatic amines is 1. The van der Waals surface area contributed by atoms with Crippen LogP contribution in [0.25, 0.3) is 0 Å². The summed E-state index contributed by atoms with van der Waals surface area (Å²) < 4.78 is 6.83. The van der Waals surface area contributed by atoms with E-state index in [9.17, 15) is 14.7 Å². The molecule has 0 radical (unpaired) electrons. The molecule has 1 saturated carbocycles. The Balaban J connectivity index is 1.91. The SMILES string of the molecule is Cc1cn([C@@H]2C3O[C@H](CO)C(O)C32)c(=O)[nH]c1=O. The molecule has 1 aromatic heterocycles. The number of hydrogen-bond acceptors (Lipinski definition) is 5. The summed E-state index contributed by atoms with van der Waals surface area (Å²) in [5.74, 6) is -0.190. The van der Waals surface area contributed by atoms with Crippen LogP contribution in [0.2, 0.25) is 0 Å². The third kappa shape index (κ3) is 1.48. The van der Waals surface area contributed by atoms with E-state index < -0.39 is 23.5 Å². The van der Waals surface area contributed by atoms with E-state index in [0.29, 0.717) is 5.56 Å². The number of aryl methyl sites for hydroxylation is 1. The van der Waals surface area contributed by atoms with Gasteiger partial charge in [0.25, 0.3) is 5.56 Å². The molecule has 98 valence electrons. The maximum Gasteiger partial charge on any atom is 0.328 e. The normalized spacial score (nSPS) is 37.6. The van der Waals surface area contributed by atoms with Crippen LogP contribution in [-0.2, 0) is 4.74 Å². The Morgan fingerprint density at radius 1 is 1.50 bits per heavy atom. The number of fused-ring (bicyclic) bond motifs is 1. The summed E-state index contributed by atoms with van der Waals surface area (Å²) in [6, 6.07) is -0.258. The van der Waals surface area contributed by atoms with Gasteiger partial charge >= 0.3 is 5.69 Å². The van der Waals surface area contributed by atoms with E-state index in [-0.39, 0.29) is 24.7 Å². The summed E-state index contributed by atoms with van der Waals surface area (Å²) in [4.78, 5) is 25.2. The second-order valence-electron chi connectivity index (χ2n) is 4.86. The van der Waals surface area contributed by atoms with Crippen molar-refractivity contribution in [2.75, 3.05) is 6.61 Å². The molecule has 3 unspecified atom stereocenters. The second-order valence-corrected chi connectivity index (χ2v) is 4.86. The molecule has 1 aromatic rings. The zero-order chi connectivity index (χ0) is 13.0. The van der Waals surface area contributed by atoms with Gasteiger partial charge in [0.15, 0.2) is 0 Å². The molecular weight excluding hydrogens is 240 g/mol. The molecule has 7 nitrogen and oxygen atoms in total. The number of aliphatic hydroxyl groups is 2. The molecule has 0 aromatic carbocycles. The molecule has 1 aliphatic carbocycles. The predicted octanol–water partition coefficient (Wildman–Crippen LogP) is -1.86. The average molecular weight is 254 g/mol. The molecule has 1 saturated heterocycles. The molecule has 18 heavy (non-hydrogen) atoms. The first kappa shape index (κ1) is 11.6. The number of aromatic nitrogens is 2. The van der Waals surface area contributed by atoms with Gasteiger partial charge < -0.3 is 14.9 Å². The number of nitrogens with one attached hydrogen (secondary N) is 1. The van der Waals surface area contributed by atoms with Gasteiger partial charge in [0, 0.05) is 17.7 Å². The molecule has 3 N–H and O–H groups in total. The van der Waals surface area contributed by atoms with E-state index in [4.69, 9.17) is 9.84 Å². The van der Waals surface area contributed by atoms with Crippen LogP contribution in [0.4, 0.5) is 0 Å². The van der Waals surface area contributed by atoms with Crippen molar-refractivity contribution in [3.05, 3.63) is 32.6 Å². The summed E-state index contributed by atoms with van der Waals surface area (Å²) in [6.07, 6.45) is -0.131. The minimum Gasteiger partial charge on any atom is -0.394 e. The molecule has 0 amide bonds. The zero-order valence-corrected chi connectivity index (χ0v) is 9.74. The lowest BCUT2D eigenvalue weighted by Crippen LogP contribution is -2.35. The smallest absolute Gasteiger partial charge is 0.328 e. The van der Waals surface area contributed by atoms with Crippen LogP contribution in [0.1, 0.15) is 11.6 Å². The van der Waals surface area contributed by atoms with Crippen LogP contribution in [0, 0.1) is 12.8 Å². The fraction of sp³-hybridized carbons (Fsp3) is 0.636. The minimum absolute atomic E-state index is 0.190. The lowest BCUT2D eigenvalue weighted by Gasteiger charge is -2.18. The number of hydrogen-bond donors (Lipinski definition) is 3. The maximum absolute atomic E-state index is 11.7. The number of nitrogens with zero attached hydrogens (tertiary/aromatic N) is 1. The van der Waals surface area contributed by atoms with Gasteiger partial charge in [-0.05, 0) is 6.92 Å². The van der Waals surface area contributed by atoms with Crippen LogP contribution >= 0.6 is 0 Å². The number of rotatable bonds is 2. The van der Waals surface area contributed by atoms with E-state index in [2.05, 4.69) is 4.98 Å². The molecule has 7 heteroatoms. The van der Waals surface area contributed by atoms with Gasteiger partial charge in [-0.1, -0.05) is 0 Å². The van der Waals surface area contributed by atoms with E-state index in [0.717, 1.165) is 0 Å². The first-order chi connectivity index (χ1) is 8.54. The van der Waals surface area contributed by atoms with Crippen molar-refractivity contribution in [3.8, 4) is 0 Å². The predicted molar refractivity (Wildman–Crippen MR) is 60.3 cm³/mol. The lowest BCUT2D eigenvalue weighted by molar-refractivity contribution is -0.0370. The minimum atomic E-state index is -0.774. The fourth-order valence-corrected chi connectivity index (χ4v) is 2.69. The third-order valence-electron chi connectivity index (χ3n) is 3.72. The Morgan fingerprint density at radius 3 is 2.78 bits per heavy atom. The highest BCUT2D eigenvalue weighted by Crippen LogP contribution is 2.54. The van der Waals surface area contributed by atoms with E-state index in [1.54, 1.807) is 6.92 Å². The van der Waals surface area contributed by atoms with Crippen LogP contribution in [0.15, 0.2) is 15.8 Å².